The molecule has 0 saturated carbocycles. The van der Waals surface area contributed by atoms with Crippen molar-refractivity contribution in [1.82, 2.24) is 0 Å². The molecule has 1 fully saturated rings. The van der Waals surface area contributed by atoms with Gasteiger partial charge in [-0.25, -0.2) is 8.42 Å². The number of rotatable bonds is 3. The van der Waals surface area contributed by atoms with Crippen molar-refractivity contribution in [3.63, 3.8) is 0 Å². The Hall–Kier alpha value is -0.340. The van der Waals surface area contributed by atoms with Crippen LogP contribution in [0.25, 0.3) is 0 Å². The summed E-state index contributed by atoms with van der Waals surface area (Å²) in [4.78, 5) is 13.6. The molecule has 0 aromatic heterocycles. The standard InChI is InChI=1S/C12H13ClINO3S/c1-8-2-3-10(5-11(8)14)15-6-9(4-12(15)16)7-19(13,17)18/h2-3,5,9H,4,6-7H2,1H3. The van der Waals surface area contributed by atoms with E-state index in [0.29, 0.717) is 6.54 Å². The van der Waals surface area contributed by atoms with Gasteiger partial charge in [-0.3, -0.25) is 4.79 Å². The molecule has 0 aliphatic carbocycles. The summed E-state index contributed by atoms with van der Waals surface area (Å²) >= 11 is 2.22. The number of hydrogen-bond donors (Lipinski definition) is 0. The Morgan fingerprint density at radius 2 is 2.16 bits per heavy atom. The molecular formula is C12H13ClINO3S. The van der Waals surface area contributed by atoms with Crippen LogP contribution < -0.4 is 4.90 Å². The highest BCUT2D eigenvalue weighted by Crippen LogP contribution is 2.28. The number of aryl methyl sites for hydroxylation is 1. The summed E-state index contributed by atoms with van der Waals surface area (Å²) in [5.41, 5.74) is 1.96. The van der Waals surface area contributed by atoms with E-state index in [4.69, 9.17) is 10.7 Å². The molecule has 0 radical (unpaired) electrons. The second-order valence-corrected chi connectivity index (χ2v) is 8.70. The van der Waals surface area contributed by atoms with Gasteiger partial charge in [0.25, 0.3) is 0 Å². The number of benzene rings is 1. The minimum atomic E-state index is -3.56. The molecule has 1 heterocycles. The van der Waals surface area contributed by atoms with E-state index >= 15 is 0 Å². The van der Waals surface area contributed by atoms with Gasteiger partial charge in [0.15, 0.2) is 0 Å². The van der Waals surface area contributed by atoms with Crippen molar-refractivity contribution in [2.75, 3.05) is 17.2 Å². The molecule has 1 aliphatic heterocycles. The first kappa shape index (κ1) is 15.1. The van der Waals surface area contributed by atoms with Gasteiger partial charge in [0.1, 0.15) is 0 Å². The van der Waals surface area contributed by atoms with Gasteiger partial charge in [-0.05, 0) is 47.2 Å². The monoisotopic (exact) mass is 413 g/mol. The molecule has 1 unspecified atom stereocenters. The second-order valence-electron chi connectivity index (χ2n) is 4.71. The number of hydrogen-bond acceptors (Lipinski definition) is 3. The van der Waals surface area contributed by atoms with Crippen LogP contribution in [-0.2, 0) is 13.8 Å². The number of anilines is 1. The van der Waals surface area contributed by atoms with Crippen molar-refractivity contribution in [3.8, 4) is 0 Å². The summed E-state index contributed by atoms with van der Waals surface area (Å²) in [5, 5.41) is 0. The highest BCUT2D eigenvalue weighted by Gasteiger charge is 2.33. The smallest absolute Gasteiger partial charge is 0.232 e. The molecule has 2 rings (SSSR count). The lowest BCUT2D eigenvalue weighted by Crippen LogP contribution is -2.25. The highest BCUT2D eigenvalue weighted by atomic mass is 127. The number of carbonyl (C=O) groups excluding carboxylic acids is 1. The van der Waals surface area contributed by atoms with Crippen LogP contribution in [0, 0.1) is 16.4 Å². The zero-order valence-corrected chi connectivity index (χ0v) is 14.0. The number of amides is 1. The minimum Gasteiger partial charge on any atom is -0.312 e. The van der Waals surface area contributed by atoms with E-state index in [2.05, 4.69) is 22.6 Å². The zero-order chi connectivity index (χ0) is 14.2. The summed E-state index contributed by atoms with van der Waals surface area (Å²) in [7, 11) is 1.68. The lowest BCUT2D eigenvalue weighted by atomic mass is 10.1. The zero-order valence-electron chi connectivity index (χ0n) is 10.3. The van der Waals surface area contributed by atoms with Crippen molar-refractivity contribution in [2.24, 2.45) is 5.92 Å². The number of carbonyl (C=O) groups is 1. The predicted molar refractivity (Wildman–Crippen MR) is 84.0 cm³/mol. The first-order valence-electron chi connectivity index (χ1n) is 5.75. The molecule has 0 spiro atoms. The Balaban J connectivity index is 2.18. The van der Waals surface area contributed by atoms with Crippen LogP contribution in [-0.4, -0.2) is 26.6 Å². The molecule has 104 valence electrons. The molecule has 1 amide bonds. The number of halogens is 2. The summed E-state index contributed by atoms with van der Waals surface area (Å²) in [6, 6.07) is 5.77. The van der Waals surface area contributed by atoms with E-state index in [-0.39, 0.29) is 24.0 Å². The van der Waals surface area contributed by atoms with Gasteiger partial charge in [-0.15, -0.1) is 0 Å². The molecular weight excluding hydrogens is 401 g/mol. The van der Waals surface area contributed by atoms with E-state index < -0.39 is 9.05 Å². The van der Waals surface area contributed by atoms with Crippen molar-refractivity contribution in [1.29, 1.82) is 0 Å². The summed E-state index contributed by atoms with van der Waals surface area (Å²) in [6.07, 6.45) is 0.233. The van der Waals surface area contributed by atoms with Crippen molar-refractivity contribution >= 4 is 53.9 Å². The summed E-state index contributed by atoms with van der Waals surface area (Å²) in [5.74, 6) is -0.432. The topological polar surface area (TPSA) is 54.5 Å². The van der Waals surface area contributed by atoms with Crippen LogP contribution in [0.2, 0.25) is 0 Å². The third-order valence-electron chi connectivity index (χ3n) is 3.11. The lowest BCUT2D eigenvalue weighted by Gasteiger charge is -2.17. The second kappa shape index (κ2) is 5.57. The Morgan fingerprint density at radius 3 is 2.74 bits per heavy atom. The van der Waals surface area contributed by atoms with Crippen LogP contribution >= 0.6 is 33.3 Å². The van der Waals surface area contributed by atoms with E-state index in [1.54, 1.807) is 4.90 Å². The maximum absolute atomic E-state index is 12.0. The fourth-order valence-corrected chi connectivity index (χ4v) is 3.99. The molecule has 1 atom stereocenters. The molecule has 0 bridgehead atoms. The summed E-state index contributed by atoms with van der Waals surface area (Å²) in [6.45, 7) is 2.41. The Kier molecular flexibility index (Phi) is 4.42. The Bertz CT molecular complexity index is 617. The van der Waals surface area contributed by atoms with Crippen LogP contribution in [0.4, 0.5) is 5.69 Å². The van der Waals surface area contributed by atoms with Crippen molar-refractivity contribution in [3.05, 3.63) is 27.3 Å². The molecule has 0 N–H and O–H groups in total. The van der Waals surface area contributed by atoms with E-state index in [9.17, 15) is 13.2 Å². The SMILES string of the molecule is Cc1ccc(N2CC(CS(=O)(=O)Cl)CC2=O)cc1I. The summed E-state index contributed by atoms with van der Waals surface area (Å²) < 4.78 is 23.2. The van der Waals surface area contributed by atoms with Crippen LogP contribution in [0.1, 0.15) is 12.0 Å². The van der Waals surface area contributed by atoms with Crippen molar-refractivity contribution < 1.29 is 13.2 Å². The van der Waals surface area contributed by atoms with Gasteiger partial charge in [-0.2, -0.15) is 0 Å². The number of nitrogens with zero attached hydrogens (tertiary/aromatic N) is 1. The van der Waals surface area contributed by atoms with Crippen LogP contribution in [0.3, 0.4) is 0 Å². The highest BCUT2D eigenvalue weighted by molar-refractivity contribution is 14.1. The van der Waals surface area contributed by atoms with E-state index in [1.807, 2.05) is 25.1 Å². The van der Waals surface area contributed by atoms with Gasteiger partial charge in [0, 0.05) is 38.8 Å². The maximum Gasteiger partial charge on any atom is 0.232 e. The average molecular weight is 414 g/mol. The average Bonchev–Trinajstić information content (AvgIpc) is 2.61. The third-order valence-corrected chi connectivity index (χ3v) is 5.52. The van der Waals surface area contributed by atoms with Crippen molar-refractivity contribution in [2.45, 2.75) is 13.3 Å². The Labute approximate surface area is 130 Å². The van der Waals surface area contributed by atoms with Gasteiger partial charge < -0.3 is 4.90 Å². The maximum atomic E-state index is 12.0. The van der Waals surface area contributed by atoms with Gasteiger partial charge >= 0.3 is 0 Å². The predicted octanol–water partition coefficient (Wildman–Crippen LogP) is 2.52. The molecule has 19 heavy (non-hydrogen) atoms. The fourth-order valence-electron chi connectivity index (χ4n) is 2.17. The normalized spacial score (nSPS) is 20.1. The molecule has 1 aliphatic rings. The third kappa shape index (κ3) is 3.82. The molecule has 1 saturated heterocycles. The first-order valence-corrected chi connectivity index (χ1v) is 9.31. The minimum absolute atomic E-state index is 0.0510. The van der Waals surface area contributed by atoms with Gasteiger partial charge in [0.2, 0.25) is 15.0 Å². The quantitative estimate of drug-likeness (QED) is 0.565. The largest absolute Gasteiger partial charge is 0.312 e. The van der Waals surface area contributed by atoms with E-state index in [1.165, 1.54) is 0 Å². The van der Waals surface area contributed by atoms with Gasteiger partial charge in [-0.1, -0.05) is 6.07 Å². The van der Waals surface area contributed by atoms with E-state index in [0.717, 1.165) is 14.8 Å². The molecule has 4 nitrogen and oxygen atoms in total. The van der Waals surface area contributed by atoms with Gasteiger partial charge in [0.05, 0.1) is 5.75 Å². The molecule has 1 aromatic rings. The lowest BCUT2D eigenvalue weighted by molar-refractivity contribution is -0.117. The van der Waals surface area contributed by atoms with Crippen LogP contribution in [0.5, 0.6) is 0 Å². The molecule has 7 heteroatoms. The fraction of sp³-hybridized carbons (Fsp3) is 0.417. The van der Waals surface area contributed by atoms with Crippen LogP contribution in [0.15, 0.2) is 18.2 Å². The molecule has 1 aromatic carbocycles. The Morgan fingerprint density at radius 1 is 1.47 bits per heavy atom. The first-order chi connectivity index (χ1) is 8.76.